The summed E-state index contributed by atoms with van der Waals surface area (Å²) >= 11 is 0. The molecule has 0 amide bonds. The van der Waals surface area contributed by atoms with Crippen LogP contribution in [0.1, 0.15) is 6.42 Å². The molecule has 0 aliphatic heterocycles. The molecule has 0 aromatic rings. The number of hydrogen-bond donors (Lipinski definition) is 0. The summed E-state index contributed by atoms with van der Waals surface area (Å²) in [5.74, 6) is 0. The van der Waals surface area contributed by atoms with E-state index in [2.05, 4.69) is 16.9 Å². The van der Waals surface area contributed by atoms with Crippen LogP contribution >= 0.6 is 0 Å². The molecule has 6 heteroatoms. The van der Waals surface area contributed by atoms with Gasteiger partial charge in [-0.15, -0.1) is 6.42 Å². The van der Waals surface area contributed by atoms with Crippen LogP contribution in [0.4, 0.5) is 9.59 Å². The van der Waals surface area contributed by atoms with Crippen LogP contribution in [0.25, 0.3) is 0 Å². The van der Waals surface area contributed by atoms with Crippen molar-refractivity contribution < 1.29 is 41.3 Å². The Bertz CT molecular complexity index is 199. The molecule has 72 valence electrons. The first-order valence-corrected chi connectivity index (χ1v) is 2.94. The standard InChI is InChI=1S/C5H5.C2H2O5.Co/c1-2-4-5-3-1;3-1(4)7-2(5)6;/h1-3H,4H2;(H,3,4)(H,5,6);/q-1;;+3/p-2. The van der Waals surface area contributed by atoms with Crippen LogP contribution in [-0.4, -0.2) is 12.3 Å². The Labute approximate surface area is 84.9 Å². The molecule has 1 aliphatic rings. The number of allylic oxidation sites excluding steroid dienone is 4. The molecule has 1 rings (SSSR count). The molecule has 0 radical (unpaired) electrons. The summed E-state index contributed by atoms with van der Waals surface area (Å²) in [5, 5.41) is 18.1. The molecule has 0 aromatic heterocycles. The number of rotatable bonds is 0. The molecule has 0 unspecified atom stereocenters. The van der Waals surface area contributed by atoms with Crippen LogP contribution in [0, 0.1) is 6.08 Å². The number of carbonyl (C=O) groups is 2. The van der Waals surface area contributed by atoms with Crippen LogP contribution < -0.4 is 10.2 Å². The molecule has 1 aliphatic carbocycles. The Morgan fingerprint density at radius 3 is 1.92 bits per heavy atom. The van der Waals surface area contributed by atoms with Gasteiger partial charge in [-0.1, -0.05) is 0 Å². The van der Waals surface area contributed by atoms with E-state index in [4.69, 9.17) is 19.8 Å². The molecule has 0 atom stereocenters. The fourth-order valence-electron chi connectivity index (χ4n) is 0.408. The van der Waals surface area contributed by atoms with Crippen LogP contribution in [0.2, 0.25) is 0 Å². The van der Waals surface area contributed by atoms with E-state index in [1.54, 1.807) is 0 Å². The zero-order valence-electron chi connectivity index (χ0n) is 6.31. The zero-order chi connectivity index (χ0) is 9.40. The van der Waals surface area contributed by atoms with E-state index in [1.165, 1.54) is 0 Å². The summed E-state index contributed by atoms with van der Waals surface area (Å²) in [6, 6.07) is 0. The minimum Gasteiger partial charge on any atom is -0.483 e. The fourth-order valence-corrected chi connectivity index (χ4v) is 0.408. The molecule has 0 saturated carbocycles. The molecule has 0 saturated heterocycles. The Morgan fingerprint density at radius 1 is 1.31 bits per heavy atom. The van der Waals surface area contributed by atoms with E-state index >= 15 is 0 Å². The second-order valence-electron chi connectivity index (χ2n) is 1.61. The molecule has 0 bridgehead atoms. The molecular weight excluding hydrogens is 223 g/mol. The van der Waals surface area contributed by atoms with E-state index in [0.29, 0.717) is 0 Å². The van der Waals surface area contributed by atoms with Gasteiger partial charge in [-0.05, 0) is 0 Å². The Hall–Kier alpha value is -1.27. The summed E-state index contributed by atoms with van der Waals surface area (Å²) in [7, 11) is 0. The van der Waals surface area contributed by atoms with Crippen LogP contribution in [0.3, 0.4) is 0 Å². The van der Waals surface area contributed by atoms with Gasteiger partial charge in [0, 0.05) is 0 Å². The Balaban J connectivity index is 0. The predicted molar refractivity (Wildman–Crippen MR) is 33.4 cm³/mol. The normalized spacial score (nSPS) is 10.8. The quantitative estimate of drug-likeness (QED) is 0.301. The van der Waals surface area contributed by atoms with Gasteiger partial charge in [0.15, 0.2) is 0 Å². The number of carbonyl (C=O) groups excluding carboxylic acids is 2. The van der Waals surface area contributed by atoms with E-state index in [9.17, 15) is 0 Å². The van der Waals surface area contributed by atoms with E-state index < -0.39 is 12.3 Å². The monoisotopic (exact) mass is 228 g/mol. The minimum absolute atomic E-state index is 0. The molecule has 13 heavy (non-hydrogen) atoms. The summed E-state index contributed by atoms with van der Waals surface area (Å²) < 4.78 is 2.86. The van der Waals surface area contributed by atoms with Gasteiger partial charge >= 0.3 is 16.8 Å². The summed E-state index contributed by atoms with van der Waals surface area (Å²) in [5.41, 5.74) is 0. The maximum absolute atomic E-state index is 9.06. The average Bonchev–Trinajstić information content (AvgIpc) is 2.36. The van der Waals surface area contributed by atoms with Crippen molar-refractivity contribution in [2.24, 2.45) is 0 Å². The summed E-state index contributed by atoms with van der Waals surface area (Å²) in [6.07, 6.45) is 5.75. The maximum atomic E-state index is 9.06. The van der Waals surface area contributed by atoms with Crippen molar-refractivity contribution >= 4 is 12.3 Å². The SMILES string of the molecule is O=C([O-])OC(=O)[O-].[C-]1=CC=CC1.[Co+3]. The third kappa shape index (κ3) is 13.7. The Kier molecular flexibility index (Phi) is 9.68. The third-order valence-electron chi connectivity index (χ3n) is 0.753. The van der Waals surface area contributed by atoms with Gasteiger partial charge in [0.05, 0.1) is 0 Å². The first-order valence-electron chi connectivity index (χ1n) is 2.94. The smallest absolute Gasteiger partial charge is 0.483 e. The minimum atomic E-state index is -2.12. The van der Waals surface area contributed by atoms with Crippen molar-refractivity contribution in [1.29, 1.82) is 0 Å². The van der Waals surface area contributed by atoms with E-state index in [0.717, 1.165) is 6.42 Å². The van der Waals surface area contributed by atoms with E-state index in [-0.39, 0.29) is 16.8 Å². The van der Waals surface area contributed by atoms with E-state index in [1.807, 2.05) is 12.2 Å². The zero-order valence-corrected chi connectivity index (χ0v) is 7.35. The molecule has 0 fully saturated rings. The predicted octanol–water partition coefficient (Wildman–Crippen LogP) is -1.01. The van der Waals surface area contributed by atoms with Gasteiger partial charge in [0.25, 0.3) is 12.3 Å². The molecular formula is C7H5CoO5. The van der Waals surface area contributed by atoms with Gasteiger partial charge in [0.2, 0.25) is 0 Å². The Morgan fingerprint density at radius 2 is 1.85 bits per heavy atom. The molecule has 0 spiro atoms. The molecule has 5 nitrogen and oxygen atoms in total. The van der Waals surface area contributed by atoms with Gasteiger partial charge < -0.3 is 24.5 Å². The largest absolute Gasteiger partial charge is 3.00 e. The molecule has 0 N–H and O–H groups in total. The van der Waals surface area contributed by atoms with Crippen molar-refractivity contribution in [3.63, 3.8) is 0 Å². The fraction of sp³-hybridized carbons (Fsp3) is 0.143. The first kappa shape index (κ1) is 14.3. The van der Waals surface area contributed by atoms with Crippen molar-refractivity contribution in [3.8, 4) is 0 Å². The van der Waals surface area contributed by atoms with Crippen molar-refractivity contribution in [2.45, 2.75) is 6.42 Å². The second kappa shape index (κ2) is 8.82. The molecule has 0 aromatic carbocycles. The van der Waals surface area contributed by atoms with Crippen LogP contribution in [-0.2, 0) is 21.5 Å². The third-order valence-corrected chi connectivity index (χ3v) is 0.753. The molecule has 0 heterocycles. The topological polar surface area (TPSA) is 89.5 Å². The average molecular weight is 228 g/mol. The summed E-state index contributed by atoms with van der Waals surface area (Å²) in [4.78, 5) is 18.1. The van der Waals surface area contributed by atoms with Crippen LogP contribution in [0.5, 0.6) is 0 Å². The first-order chi connectivity index (χ1) is 5.63. The number of ether oxygens (including phenoxy) is 1. The van der Waals surface area contributed by atoms with Gasteiger partial charge in [-0.25, -0.2) is 12.2 Å². The van der Waals surface area contributed by atoms with Gasteiger partial charge in [0.1, 0.15) is 0 Å². The van der Waals surface area contributed by atoms with Crippen molar-refractivity contribution in [3.05, 3.63) is 24.3 Å². The van der Waals surface area contributed by atoms with Crippen molar-refractivity contribution in [2.75, 3.05) is 0 Å². The van der Waals surface area contributed by atoms with Crippen LogP contribution in [0.15, 0.2) is 18.2 Å². The number of carboxylic acid groups (broad SMARTS) is 2. The summed E-state index contributed by atoms with van der Waals surface area (Å²) in [6.45, 7) is 0. The van der Waals surface area contributed by atoms with Crippen molar-refractivity contribution in [1.82, 2.24) is 0 Å². The number of hydrogen-bond acceptors (Lipinski definition) is 5. The van der Waals surface area contributed by atoms with Gasteiger partial charge in [-0.3, -0.25) is 6.08 Å². The van der Waals surface area contributed by atoms with Gasteiger partial charge in [-0.2, -0.15) is 6.08 Å². The maximum Gasteiger partial charge on any atom is 3.00 e. The second-order valence-corrected chi connectivity index (χ2v) is 1.61.